The molecule has 0 amide bonds. The van der Waals surface area contributed by atoms with Crippen molar-refractivity contribution in [3.8, 4) is 0 Å². The Labute approximate surface area is 183 Å². The van der Waals surface area contributed by atoms with Gasteiger partial charge in [-0.3, -0.25) is 15.0 Å². The quantitative estimate of drug-likeness (QED) is 0.503. The van der Waals surface area contributed by atoms with Crippen LogP contribution in [0.2, 0.25) is 0 Å². The first kappa shape index (κ1) is 21.7. The van der Waals surface area contributed by atoms with Crippen LogP contribution < -0.4 is 4.90 Å². The summed E-state index contributed by atoms with van der Waals surface area (Å²) in [5.41, 5.74) is 2.93. The second kappa shape index (κ2) is 8.94. The fourth-order valence-electron chi connectivity index (χ4n) is 4.33. The van der Waals surface area contributed by atoms with Crippen LogP contribution in [0.4, 0.5) is 11.4 Å². The predicted octanol–water partition coefficient (Wildman–Crippen LogP) is 3.01. The van der Waals surface area contributed by atoms with Crippen LogP contribution in [-0.4, -0.2) is 61.8 Å². The lowest BCUT2D eigenvalue weighted by Gasteiger charge is -2.37. The summed E-state index contributed by atoms with van der Waals surface area (Å²) in [6, 6.07) is 12.5. The number of sulfonamides is 1. The number of aryl methyl sites for hydroxylation is 1. The number of nitro groups is 1. The summed E-state index contributed by atoms with van der Waals surface area (Å²) >= 11 is 0. The van der Waals surface area contributed by atoms with Gasteiger partial charge in [0.25, 0.3) is 5.69 Å². The molecule has 2 saturated heterocycles. The third-order valence-electron chi connectivity index (χ3n) is 6.21. The minimum atomic E-state index is -3.77. The smallest absolute Gasteiger partial charge is 0.270 e. The lowest BCUT2D eigenvalue weighted by atomic mass is 10.1. The maximum Gasteiger partial charge on any atom is 0.270 e. The van der Waals surface area contributed by atoms with Crippen molar-refractivity contribution in [1.29, 1.82) is 0 Å². The van der Waals surface area contributed by atoms with Crippen LogP contribution >= 0.6 is 0 Å². The summed E-state index contributed by atoms with van der Waals surface area (Å²) in [5, 5.41) is 11.3. The lowest BCUT2D eigenvalue weighted by molar-refractivity contribution is -0.385. The summed E-state index contributed by atoms with van der Waals surface area (Å²) in [7, 11) is -3.77. The molecule has 0 bridgehead atoms. The number of benzene rings is 2. The molecule has 0 N–H and O–H groups in total. The highest BCUT2D eigenvalue weighted by atomic mass is 32.2. The van der Waals surface area contributed by atoms with E-state index in [2.05, 4.69) is 24.0 Å². The highest BCUT2D eigenvalue weighted by molar-refractivity contribution is 7.89. The molecule has 2 aliphatic rings. The molecule has 166 valence electrons. The third-order valence-corrected chi connectivity index (χ3v) is 8.13. The van der Waals surface area contributed by atoms with E-state index < -0.39 is 14.9 Å². The largest absolute Gasteiger partial charge is 0.368 e. The average Bonchev–Trinajstić information content (AvgIpc) is 3.31. The number of anilines is 1. The van der Waals surface area contributed by atoms with Gasteiger partial charge in [0.05, 0.1) is 10.6 Å². The number of nitro benzene ring substituents is 1. The van der Waals surface area contributed by atoms with Crippen molar-refractivity contribution in [3.05, 3.63) is 63.7 Å². The standard InChI is InChI=1S/C22H28N4O4S/c1-18-6-2-3-7-19(18)17-23-12-14-24(15-13-23)21-9-8-20(26(27)28)16-22(21)31(29,30)25-10-4-5-11-25/h2-3,6-9,16H,4-5,10-15,17H2,1H3. The molecule has 0 radical (unpaired) electrons. The molecule has 4 rings (SSSR count). The van der Waals surface area contributed by atoms with E-state index in [1.165, 1.54) is 27.6 Å². The van der Waals surface area contributed by atoms with Crippen molar-refractivity contribution in [2.24, 2.45) is 0 Å². The third kappa shape index (κ3) is 4.58. The zero-order chi connectivity index (χ0) is 22.0. The summed E-state index contributed by atoms with van der Waals surface area (Å²) in [6.45, 7) is 6.85. The van der Waals surface area contributed by atoms with Crippen molar-refractivity contribution >= 4 is 21.4 Å². The Hall–Kier alpha value is -2.49. The van der Waals surface area contributed by atoms with Gasteiger partial charge >= 0.3 is 0 Å². The Morgan fingerprint density at radius 3 is 2.29 bits per heavy atom. The van der Waals surface area contributed by atoms with Gasteiger partial charge in [-0.15, -0.1) is 0 Å². The van der Waals surface area contributed by atoms with E-state index in [1.807, 2.05) is 17.0 Å². The second-order valence-corrected chi connectivity index (χ2v) is 10.1. The van der Waals surface area contributed by atoms with Gasteiger partial charge in [-0.1, -0.05) is 24.3 Å². The van der Waals surface area contributed by atoms with Gasteiger partial charge in [0.1, 0.15) is 4.90 Å². The molecule has 2 aromatic carbocycles. The molecule has 0 aromatic heterocycles. The van der Waals surface area contributed by atoms with Gasteiger partial charge in [0.2, 0.25) is 10.0 Å². The molecule has 0 unspecified atom stereocenters. The van der Waals surface area contributed by atoms with E-state index in [-0.39, 0.29) is 10.6 Å². The van der Waals surface area contributed by atoms with Crippen LogP contribution in [0.5, 0.6) is 0 Å². The maximum atomic E-state index is 13.3. The van der Waals surface area contributed by atoms with Crippen molar-refractivity contribution in [2.45, 2.75) is 31.2 Å². The Morgan fingerprint density at radius 1 is 0.968 bits per heavy atom. The molecule has 2 aromatic rings. The number of non-ortho nitro benzene ring substituents is 1. The number of hydrogen-bond acceptors (Lipinski definition) is 6. The highest BCUT2D eigenvalue weighted by Crippen LogP contribution is 2.33. The first-order valence-electron chi connectivity index (χ1n) is 10.7. The van der Waals surface area contributed by atoms with E-state index in [0.717, 1.165) is 32.5 Å². The van der Waals surface area contributed by atoms with Gasteiger partial charge in [-0.2, -0.15) is 4.31 Å². The number of hydrogen-bond donors (Lipinski definition) is 0. The molecule has 0 saturated carbocycles. The summed E-state index contributed by atoms with van der Waals surface area (Å²) in [5.74, 6) is 0. The summed E-state index contributed by atoms with van der Waals surface area (Å²) in [6.07, 6.45) is 1.64. The van der Waals surface area contributed by atoms with Gasteiger partial charge in [-0.25, -0.2) is 8.42 Å². The minimum Gasteiger partial charge on any atom is -0.368 e. The van der Waals surface area contributed by atoms with Gasteiger partial charge in [0, 0.05) is 57.9 Å². The van der Waals surface area contributed by atoms with Gasteiger partial charge < -0.3 is 4.90 Å². The molecule has 2 aliphatic heterocycles. The van der Waals surface area contributed by atoms with Crippen LogP contribution in [0.15, 0.2) is 47.4 Å². The molecule has 2 heterocycles. The first-order chi connectivity index (χ1) is 14.9. The predicted molar refractivity (Wildman–Crippen MR) is 120 cm³/mol. The fourth-order valence-corrected chi connectivity index (χ4v) is 6.08. The number of nitrogens with zero attached hydrogens (tertiary/aromatic N) is 4. The average molecular weight is 445 g/mol. The molecule has 8 nitrogen and oxygen atoms in total. The molecule has 9 heteroatoms. The van der Waals surface area contributed by atoms with E-state index in [1.54, 1.807) is 6.07 Å². The van der Waals surface area contributed by atoms with Crippen LogP contribution in [0.1, 0.15) is 24.0 Å². The molecule has 0 spiro atoms. The molecular weight excluding hydrogens is 416 g/mol. The van der Waals surface area contributed by atoms with Crippen LogP contribution in [0, 0.1) is 17.0 Å². The van der Waals surface area contributed by atoms with E-state index in [9.17, 15) is 18.5 Å². The molecule has 0 aliphatic carbocycles. The fraction of sp³-hybridized carbons (Fsp3) is 0.455. The topological polar surface area (TPSA) is 87.0 Å². The van der Waals surface area contributed by atoms with Crippen molar-refractivity contribution in [1.82, 2.24) is 9.21 Å². The maximum absolute atomic E-state index is 13.3. The minimum absolute atomic E-state index is 0.0518. The van der Waals surface area contributed by atoms with Crippen molar-refractivity contribution in [3.63, 3.8) is 0 Å². The van der Waals surface area contributed by atoms with Gasteiger partial charge in [-0.05, 0) is 37.0 Å². The lowest BCUT2D eigenvalue weighted by Crippen LogP contribution is -2.46. The second-order valence-electron chi connectivity index (χ2n) is 8.21. The SMILES string of the molecule is Cc1ccccc1CN1CCN(c2ccc([N+](=O)[O-])cc2S(=O)(=O)N2CCCC2)CC1. The zero-order valence-electron chi connectivity index (χ0n) is 17.7. The summed E-state index contributed by atoms with van der Waals surface area (Å²) in [4.78, 5) is 15.2. The normalized spacial score (nSPS) is 18.4. The zero-order valence-corrected chi connectivity index (χ0v) is 18.6. The molecular formula is C22H28N4O4S. The number of piperazine rings is 1. The molecule has 0 atom stereocenters. The highest BCUT2D eigenvalue weighted by Gasteiger charge is 2.33. The Morgan fingerprint density at radius 2 is 1.65 bits per heavy atom. The molecule has 2 fully saturated rings. The van der Waals surface area contributed by atoms with E-state index >= 15 is 0 Å². The van der Waals surface area contributed by atoms with Gasteiger partial charge in [0.15, 0.2) is 0 Å². The monoisotopic (exact) mass is 444 g/mol. The number of rotatable bonds is 6. The van der Waals surface area contributed by atoms with E-state index in [4.69, 9.17) is 0 Å². The molecule has 31 heavy (non-hydrogen) atoms. The van der Waals surface area contributed by atoms with Crippen LogP contribution in [0.3, 0.4) is 0 Å². The van der Waals surface area contributed by atoms with Crippen molar-refractivity contribution < 1.29 is 13.3 Å². The Kier molecular flexibility index (Phi) is 6.27. The Bertz CT molecular complexity index is 1060. The van der Waals surface area contributed by atoms with E-state index in [0.29, 0.717) is 31.9 Å². The van der Waals surface area contributed by atoms with Crippen LogP contribution in [-0.2, 0) is 16.6 Å². The first-order valence-corrected chi connectivity index (χ1v) is 12.1. The van der Waals surface area contributed by atoms with Crippen LogP contribution in [0.25, 0.3) is 0 Å². The van der Waals surface area contributed by atoms with Crippen molar-refractivity contribution in [2.75, 3.05) is 44.2 Å². The summed E-state index contributed by atoms with van der Waals surface area (Å²) < 4.78 is 28.0. The Balaban J connectivity index is 1.55.